The molecule has 0 saturated heterocycles. The second kappa shape index (κ2) is 3.69. The van der Waals surface area contributed by atoms with Crippen LogP contribution in [0.1, 0.15) is 25.2 Å². The SMILES string of the molecule is Cc1ccc2nc(CC(C)C)n(C)c2c1. The van der Waals surface area contributed by atoms with Crippen LogP contribution < -0.4 is 0 Å². The topological polar surface area (TPSA) is 17.8 Å². The average Bonchev–Trinajstić information content (AvgIpc) is 2.44. The van der Waals surface area contributed by atoms with Crippen LogP contribution in [0.15, 0.2) is 18.2 Å². The smallest absolute Gasteiger partial charge is 0.109 e. The van der Waals surface area contributed by atoms with Gasteiger partial charge in [0.1, 0.15) is 5.82 Å². The highest BCUT2D eigenvalue weighted by atomic mass is 15.1. The van der Waals surface area contributed by atoms with E-state index >= 15 is 0 Å². The summed E-state index contributed by atoms with van der Waals surface area (Å²) in [6.07, 6.45) is 1.05. The van der Waals surface area contributed by atoms with Gasteiger partial charge in [-0.15, -0.1) is 0 Å². The van der Waals surface area contributed by atoms with Crippen LogP contribution in [-0.4, -0.2) is 9.55 Å². The molecule has 0 atom stereocenters. The van der Waals surface area contributed by atoms with Crippen molar-refractivity contribution in [1.29, 1.82) is 0 Å². The van der Waals surface area contributed by atoms with Gasteiger partial charge in [0.05, 0.1) is 11.0 Å². The van der Waals surface area contributed by atoms with Gasteiger partial charge in [0.2, 0.25) is 0 Å². The molecule has 2 heteroatoms. The minimum Gasteiger partial charge on any atom is -0.331 e. The molecule has 1 heterocycles. The van der Waals surface area contributed by atoms with E-state index in [-0.39, 0.29) is 0 Å². The summed E-state index contributed by atoms with van der Waals surface area (Å²) in [7, 11) is 2.10. The van der Waals surface area contributed by atoms with Gasteiger partial charge < -0.3 is 4.57 Å². The minimum atomic E-state index is 0.654. The highest BCUT2D eigenvalue weighted by Gasteiger charge is 2.08. The van der Waals surface area contributed by atoms with Gasteiger partial charge in [0.15, 0.2) is 0 Å². The maximum absolute atomic E-state index is 4.66. The van der Waals surface area contributed by atoms with Crippen molar-refractivity contribution in [1.82, 2.24) is 9.55 Å². The Balaban J connectivity index is 2.54. The molecule has 0 amide bonds. The molecule has 0 N–H and O–H groups in total. The number of hydrogen-bond acceptors (Lipinski definition) is 1. The van der Waals surface area contributed by atoms with E-state index < -0.39 is 0 Å². The van der Waals surface area contributed by atoms with Crippen molar-refractivity contribution in [2.24, 2.45) is 13.0 Å². The van der Waals surface area contributed by atoms with Crippen LogP contribution in [0.3, 0.4) is 0 Å². The summed E-state index contributed by atoms with van der Waals surface area (Å²) in [6, 6.07) is 6.43. The van der Waals surface area contributed by atoms with Crippen molar-refractivity contribution in [3.63, 3.8) is 0 Å². The van der Waals surface area contributed by atoms with E-state index in [0.717, 1.165) is 11.9 Å². The number of fused-ring (bicyclic) bond motifs is 1. The van der Waals surface area contributed by atoms with E-state index in [9.17, 15) is 0 Å². The first-order chi connectivity index (χ1) is 7.08. The lowest BCUT2D eigenvalue weighted by Gasteiger charge is -2.04. The van der Waals surface area contributed by atoms with Crippen molar-refractivity contribution in [2.45, 2.75) is 27.2 Å². The summed E-state index contributed by atoms with van der Waals surface area (Å²) in [5.41, 5.74) is 3.64. The largest absolute Gasteiger partial charge is 0.331 e. The maximum Gasteiger partial charge on any atom is 0.109 e. The van der Waals surface area contributed by atoms with Gasteiger partial charge in [-0.25, -0.2) is 4.98 Å². The quantitative estimate of drug-likeness (QED) is 0.731. The van der Waals surface area contributed by atoms with Crippen molar-refractivity contribution >= 4 is 11.0 Å². The Morgan fingerprint density at radius 2 is 2.07 bits per heavy atom. The molecular weight excluding hydrogens is 184 g/mol. The van der Waals surface area contributed by atoms with Crippen LogP contribution in [0, 0.1) is 12.8 Å². The van der Waals surface area contributed by atoms with E-state index in [2.05, 4.69) is 55.6 Å². The van der Waals surface area contributed by atoms with Crippen molar-refractivity contribution in [3.05, 3.63) is 29.6 Å². The molecule has 0 aliphatic rings. The van der Waals surface area contributed by atoms with E-state index in [0.29, 0.717) is 5.92 Å². The summed E-state index contributed by atoms with van der Waals surface area (Å²) < 4.78 is 2.21. The normalized spacial score (nSPS) is 11.5. The van der Waals surface area contributed by atoms with Crippen molar-refractivity contribution in [3.8, 4) is 0 Å². The number of imidazole rings is 1. The standard InChI is InChI=1S/C13H18N2/c1-9(2)7-13-14-11-6-5-10(3)8-12(11)15(13)4/h5-6,8-9H,7H2,1-4H3. The summed E-state index contributed by atoms with van der Waals surface area (Å²) in [5.74, 6) is 1.84. The Labute approximate surface area is 90.9 Å². The lowest BCUT2D eigenvalue weighted by molar-refractivity contribution is 0.606. The van der Waals surface area contributed by atoms with E-state index in [1.807, 2.05) is 0 Å². The van der Waals surface area contributed by atoms with Gasteiger partial charge in [0.25, 0.3) is 0 Å². The number of nitrogens with zero attached hydrogens (tertiary/aromatic N) is 2. The minimum absolute atomic E-state index is 0.654. The molecule has 15 heavy (non-hydrogen) atoms. The number of aromatic nitrogens is 2. The zero-order valence-electron chi connectivity index (χ0n) is 9.91. The fourth-order valence-electron chi connectivity index (χ4n) is 1.90. The molecule has 80 valence electrons. The van der Waals surface area contributed by atoms with Crippen molar-refractivity contribution in [2.75, 3.05) is 0 Å². The number of aryl methyl sites for hydroxylation is 2. The molecule has 0 fully saturated rings. The second-order valence-corrected chi connectivity index (χ2v) is 4.68. The third-order valence-electron chi connectivity index (χ3n) is 2.72. The average molecular weight is 202 g/mol. The molecule has 2 aromatic rings. The summed E-state index contributed by atoms with van der Waals surface area (Å²) >= 11 is 0. The third-order valence-corrected chi connectivity index (χ3v) is 2.72. The Kier molecular flexibility index (Phi) is 2.51. The van der Waals surface area contributed by atoms with E-state index in [1.165, 1.54) is 16.9 Å². The van der Waals surface area contributed by atoms with Gasteiger partial charge in [0, 0.05) is 13.5 Å². The lowest BCUT2D eigenvalue weighted by atomic mass is 10.1. The van der Waals surface area contributed by atoms with Gasteiger partial charge >= 0.3 is 0 Å². The molecule has 0 aliphatic carbocycles. The monoisotopic (exact) mass is 202 g/mol. The summed E-state index contributed by atoms with van der Waals surface area (Å²) in [5, 5.41) is 0. The molecule has 2 nitrogen and oxygen atoms in total. The van der Waals surface area contributed by atoms with Crippen molar-refractivity contribution < 1.29 is 0 Å². The number of benzene rings is 1. The fraction of sp³-hybridized carbons (Fsp3) is 0.462. The Morgan fingerprint density at radius 3 is 2.73 bits per heavy atom. The molecule has 1 aromatic carbocycles. The first-order valence-electron chi connectivity index (χ1n) is 5.50. The zero-order chi connectivity index (χ0) is 11.0. The van der Waals surface area contributed by atoms with Gasteiger partial charge in [-0.3, -0.25) is 0 Å². The van der Waals surface area contributed by atoms with E-state index in [4.69, 9.17) is 0 Å². The number of rotatable bonds is 2. The van der Waals surface area contributed by atoms with Gasteiger partial charge in [-0.05, 0) is 30.5 Å². The van der Waals surface area contributed by atoms with Crippen LogP contribution >= 0.6 is 0 Å². The molecule has 0 spiro atoms. The molecule has 0 aliphatic heterocycles. The predicted molar refractivity (Wildman–Crippen MR) is 64.0 cm³/mol. The predicted octanol–water partition coefficient (Wildman–Crippen LogP) is 3.08. The molecule has 0 saturated carbocycles. The first kappa shape index (κ1) is 10.2. The number of hydrogen-bond donors (Lipinski definition) is 0. The molecule has 0 unspecified atom stereocenters. The van der Waals surface area contributed by atoms with Crippen LogP contribution in [0.5, 0.6) is 0 Å². The van der Waals surface area contributed by atoms with Crippen LogP contribution in [0.4, 0.5) is 0 Å². The molecule has 1 aromatic heterocycles. The fourth-order valence-corrected chi connectivity index (χ4v) is 1.90. The first-order valence-corrected chi connectivity index (χ1v) is 5.50. The second-order valence-electron chi connectivity index (χ2n) is 4.68. The highest BCUT2D eigenvalue weighted by molar-refractivity contribution is 5.76. The highest BCUT2D eigenvalue weighted by Crippen LogP contribution is 2.18. The van der Waals surface area contributed by atoms with Gasteiger partial charge in [-0.2, -0.15) is 0 Å². The van der Waals surface area contributed by atoms with Crippen LogP contribution in [0.2, 0.25) is 0 Å². The molecular formula is C13H18N2. The Bertz CT molecular complexity index is 480. The summed E-state index contributed by atoms with van der Waals surface area (Å²) in [6.45, 7) is 6.57. The zero-order valence-corrected chi connectivity index (χ0v) is 9.91. The van der Waals surface area contributed by atoms with Crippen LogP contribution in [0.25, 0.3) is 11.0 Å². The Morgan fingerprint density at radius 1 is 1.33 bits per heavy atom. The summed E-state index contributed by atoms with van der Waals surface area (Å²) in [4.78, 5) is 4.66. The molecule has 0 radical (unpaired) electrons. The maximum atomic E-state index is 4.66. The Hall–Kier alpha value is -1.31. The third kappa shape index (κ3) is 1.89. The van der Waals surface area contributed by atoms with Crippen LogP contribution in [-0.2, 0) is 13.5 Å². The molecule has 2 rings (SSSR count). The lowest BCUT2D eigenvalue weighted by Crippen LogP contribution is -2.02. The van der Waals surface area contributed by atoms with E-state index in [1.54, 1.807) is 0 Å². The molecule has 0 bridgehead atoms. The van der Waals surface area contributed by atoms with Gasteiger partial charge in [-0.1, -0.05) is 19.9 Å².